The van der Waals surface area contributed by atoms with Gasteiger partial charge in [0.1, 0.15) is 6.10 Å². The Morgan fingerprint density at radius 2 is 1.58 bits per heavy atom. The van der Waals surface area contributed by atoms with Crippen molar-refractivity contribution in [3.05, 3.63) is 59.2 Å². The van der Waals surface area contributed by atoms with Crippen LogP contribution in [0.25, 0.3) is 11.1 Å². The normalized spacial score (nSPS) is 12.7. The van der Waals surface area contributed by atoms with Crippen molar-refractivity contribution in [3.63, 3.8) is 0 Å². The second kappa shape index (κ2) is 13.0. The summed E-state index contributed by atoms with van der Waals surface area (Å²) in [6.07, 6.45) is 9.28. The molecule has 31 heavy (non-hydrogen) atoms. The van der Waals surface area contributed by atoms with E-state index in [-0.39, 0.29) is 11.9 Å². The quantitative estimate of drug-likeness (QED) is 0.261. The van der Waals surface area contributed by atoms with Gasteiger partial charge in [0.2, 0.25) is 0 Å². The van der Waals surface area contributed by atoms with Crippen LogP contribution in [0.2, 0.25) is 0 Å². The first-order valence-electron chi connectivity index (χ1n) is 11.8. The Bertz CT molecular complexity index is 864. The van der Waals surface area contributed by atoms with Crippen molar-refractivity contribution in [1.29, 1.82) is 5.26 Å². The summed E-state index contributed by atoms with van der Waals surface area (Å²) in [7, 11) is 0. The van der Waals surface area contributed by atoms with Gasteiger partial charge < -0.3 is 4.74 Å². The Balaban J connectivity index is 2.02. The third kappa shape index (κ3) is 7.55. The van der Waals surface area contributed by atoms with Gasteiger partial charge in [0.25, 0.3) is 0 Å². The van der Waals surface area contributed by atoms with Gasteiger partial charge in [0.05, 0.1) is 17.6 Å². The maximum atomic E-state index is 12.1. The van der Waals surface area contributed by atoms with Gasteiger partial charge in [-0.3, -0.25) is 4.79 Å². The molecule has 166 valence electrons. The van der Waals surface area contributed by atoms with Gasteiger partial charge in [-0.2, -0.15) is 5.26 Å². The fourth-order valence-electron chi connectivity index (χ4n) is 3.68. The van der Waals surface area contributed by atoms with Crippen molar-refractivity contribution in [3.8, 4) is 17.2 Å². The Hall–Kier alpha value is -2.60. The molecule has 0 saturated heterocycles. The fraction of sp³-hybridized carbons (Fsp3) is 0.500. The summed E-state index contributed by atoms with van der Waals surface area (Å²) in [5, 5.41) is 9.66. The number of carbonyl (C=O) groups excluding carboxylic acids is 1. The minimum atomic E-state index is -0.440. The van der Waals surface area contributed by atoms with Crippen LogP contribution in [0.1, 0.15) is 95.4 Å². The lowest BCUT2D eigenvalue weighted by atomic mass is 9.96. The second-order valence-corrected chi connectivity index (χ2v) is 8.52. The molecular weight excluding hydrogens is 382 g/mol. The van der Waals surface area contributed by atoms with Crippen LogP contribution in [-0.4, -0.2) is 5.97 Å². The van der Waals surface area contributed by atoms with Gasteiger partial charge in [-0.15, -0.1) is 0 Å². The van der Waals surface area contributed by atoms with Crippen molar-refractivity contribution >= 4 is 5.97 Å². The van der Waals surface area contributed by atoms with Crippen LogP contribution < -0.4 is 0 Å². The third-order valence-corrected chi connectivity index (χ3v) is 6.03. The zero-order valence-electron chi connectivity index (χ0n) is 19.6. The summed E-state index contributed by atoms with van der Waals surface area (Å²) in [6.45, 7) is 7.90. The van der Waals surface area contributed by atoms with Crippen LogP contribution in [0.4, 0.5) is 0 Å². The first kappa shape index (κ1) is 24.7. The molecule has 2 atom stereocenters. The molecule has 0 saturated carbocycles. The van der Waals surface area contributed by atoms with E-state index in [0.29, 0.717) is 5.56 Å². The highest BCUT2D eigenvalue weighted by molar-refractivity contribution is 5.72. The molecule has 2 unspecified atom stereocenters. The average Bonchev–Trinajstić information content (AvgIpc) is 2.80. The number of carbonyl (C=O) groups is 1. The lowest BCUT2D eigenvalue weighted by Gasteiger charge is -2.18. The van der Waals surface area contributed by atoms with Gasteiger partial charge >= 0.3 is 5.97 Å². The number of ether oxygens (including phenoxy) is 1. The number of rotatable bonds is 12. The first-order chi connectivity index (χ1) is 15.0. The zero-order chi connectivity index (χ0) is 22.6. The SMILES string of the molecule is CCCCCCCCc1ccc(-c2ccc(C(C)OC(=O)C(C)CC)c(C#N)c2)cc1. The Morgan fingerprint density at radius 3 is 2.23 bits per heavy atom. The van der Waals surface area contributed by atoms with Crippen molar-refractivity contribution in [2.75, 3.05) is 0 Å². The highest BCUT2D eigenvalue weighted by Crippen LogP contribution is 2.28. The molecule has 2 aromatic rings. The Labute approximate surface area is 188 Å². The van der Waals surface area contributed by atoms with Crippen molar-refractivity contribution in [2.24, 2.45) is 5.92 Å². The molecular formula is C28H37NO2. The number of nitriles is 1. The molecule has 0 aromatic heterocycles. The molecule has 0 aliphatic carbocycles. The van der Waals surface area contributed by atoms with E-state index in [4.69, 9.17) is 4.74 Å². The van der Waals surface area contributed by atoms with Crippen LogP contribution in [0.15, 0.2) is 42.5 Å². The predicted molar refractivity (Wildman–Crippen MR) is 128 cm³/mol. The molecule has 0 N–H and O–H groups in total. The van der Waals surface area contributed by atoms with E-state index >= 15 is 0 Å². The van der Waals surface area contributed by atoms with E-state index in [1.807, 2.05) is 39.0 Å². The maximum absolute atomic E-state index is 12.1. The molecule has 0 fully saturated rings. The largest absolute Gasteiger partial charge is 0.458 e. The van der Waals surface area contributed by atoms with Crippen molar-refractivity contribution in [2.45, 2.75) is 85.2 Å². The summed E-state index contributed by atoms with van der Waals surface area (Å²) in [5.41, 5.74) is 4.77. The van der Waals surface area contributed by atoms with Crippen LogP contribution >= 0.6 is 0 Å². The molecule has 0 radical (unpaired) electrons. The maximum Gasteiger partial charge on any atom is 0.309 e. The van der Waals surface area contributed by atoms with E-state index in [9.17, 15) is 10.1 Å². The summed E-state index contributed by atoms with van der Waals surface area (Å²) < 4.78 is 5.57. The summed E-state index contributed by atoms with van der Waals surface area (Å²) in [6, 6.07) is 16.7. The van der Waals surface area contributed by atoms with Crippen LogP contribution in [0.3, 0.4) is 0 Å². The van der Waals surface area contributed by atoms with Crippen LogP contribution in [0.5, 0.6) is 0 Å². The predicted octanol–water partition coefficient (Wildman–Crippen LogP) is 7.78. The van der Waals surface area contributed by atoms with Crippen molar-refractivity contribution < 1.29 is 9.53 Å². The molecule has 0 aliphatic heterocycles. The molecule has 2 aromatic carbocycles. The number of nitrogens with zero attached hydrogens (tertiary/aromatic N) is 1. The summed E-state index contributed by atoms with van der Waals surface area (Å²) in [4.78, 5) is 12.1. The second-order valence-electron chi connectivity index (χ2n) is 8.52. The van der Waals surface area contributed by atoms with Gasteiger partial charge in [0, 0.05) is 5.56 Å². The first-order valence-corrected chi connectivity index (χ1v) is 11.8. The van der Waals surface area contributed by atoms with E-state index in [2.05, 4.69) is 37.3 Å². The lowest BCUT2D eigenvalue weighted by molar-refractivity contribution is -0.153. The highest BCUT2D eigenvalue weighted by Gasteiger charge is 2.19. The van der Waals surface area contributed by atoms with Gasteiger partial charge in [-0.05, 0) is 48.9 Å². The standard InChI is InChI=1S/C28H37NO2/c1-5-7-8-9-10-11-12-23-13-15-24(16-14-23)25-17-18-27(26(19-25)20-29)22(4)31-28(30)21(3)6-2/h13-19,21-22H,5-12H2,1-4H3. The molecule has 0 bridgehead atoms. The third-order valence-electron chi connectivity index (χ3n) is 6.03. The Morgan fingerprint density at radius 1 is 0.935 bits per heavy atom. The molecule has 0 spiro atoms. The topological polar surface area (TPSA) is 50.1 Å². The fourth-order valence-corrected chi connectivity index (χ4v) is 3.68. The molecule has 0 amide bonds. The zero-order valence-corrected chi connectivity index (χ0v) is 19.6. The van der Waals surface area contributed by atoms with E-state index in [0.717, 1.165) is 29.5 Å². The monoisotopic (exact) mass is 419 g/mol. The lowest BCUT2D eigenvalue weighted by Crippen LogP contribution is -2.16. The number of esters is 1. The minimum absolute atomic E-state index is 0.137. The molecule has 2 rings (SSSR count). The number of hydrogen-bond acceptors (Lipinski definition) is 3. The van der Waals surface area contributed by atoms with Crippen LogP contribution in [0, 0.1) is 17.2 Å². The number of hydrogen-bond donors (Lipinski definition) is 0. The summed E-state index contributed by atoms with van der Waals surface area (Å²) in [5.74, 6) is -0.356. The van der Waals surface area contributed by atoms with E-state index < -0.39 is 6.10 Å². The molecule has 3 nitrogen and oxygen atoms in total. The molecule has 0 heterocycles. The minimum Gasteiger partial charge on any atom is -0.458 e. The van der Waals surface area contributed by atoms with Crippen molar-refractivity contribution in [1.82, 2.24) is 0 Å². The number of unbranched alkanes of at least 4 members (excludes halogenated alkanes) is 5. The van der Waals surface area contributed by atoms with E-state index in [1.54, 1.807) is 0 Å². The summed E-state index contributed by atoms with van der Waals surface area (Å²) >= 11 is 0. The number of benzene rings is 2. The van der Waals surface area contributed by atoms with Gasteiger partial charge in [-0.25, -0.2) is 0 Å². The smallest absolute Gasteiger partial charge is 0.309 e. The number of aryl methyl sites for hydroxylation is 1. The average molecular weight is 420 g/mol. The Kier molecular flexibility index (Phi) is 10.3. The van der Waals surface area contributed by atoms with E-state index in [1.165, 1.54) is 44.1 Å². The highest BCUT2D eigenvalue weighted by atomic mass is 16.5. The van der Waals surface area contributed by atoms with Gasteiger partial charge in [0.15, 0.2) is 0 Å². The van der Waals surface area contributed by atoms with Gasteiger partial charge in [-0.1, -0.05) is 89.3 Å². The van der Waals surface area contributed by atoms with Crippen LogP contribution in [-0.2, 0) is 16.0 Å². The molecule has 0 aliphatic rings. The molecule has 3 heteroatoms.